The SMILES string of the molecule is O=C(CNC1CC1)N1CCc2sccc2[C@H]1c1ccccc1. The van der Waals surface area contributed by atoms with Gasteiger partial charge >= 0.3 is 0 Å². The number of amides is 1. The zero-order valence-electron chi connectivity index (χ0n) is 12.5. The summed E-state index contributed by atoms with van der Waals surface area (Å²) in [6.45, 7) is 1.28. The predicted octanol–water partition coefficient (Wildman–Crippen LogP) is 2.97. The van der Waals surface area contributed by atoms with Gasteiger partial charge in [-0.1, -0.05) is 30.3 Å². The first kappa shape index (κ1) is 14.0. The van der Waals surface area contributed by atoms with Crippen LogP contribution in [0.25, 0.3) is 0 Å². The summed E-state index contributed by atoms with van der Waals surface area (Å²) in [5.74, 6) is 0.220. The summed E-state index contributed by atoms with van der Waals surface area (Å²) in [4.78, 5) is 16.2. The molecule has 4 heteroatoms. The smallest absolute Gasteiger partial charge is 0.237 e. The average molecular weight is 312 g/mol. The van der Waals surface area contributed by atoms with Gasteiger partial charge in [-0.2, -0.15) is 0 Å². The largest absolute Gasteiger partial charge is 0.330 e. The fourth-order valence-corrected chi connectivity index (χ4v) is 4.10. The Bertz CT molecular complexity index is 663. The number of benzene rings is 1. The van der Waals surface area contributed by atoms with Gasteiger partial charge in [0.25, 0.3) is 0 Å². The van der Waals surface area contributed by atoms with Crippen LogP contribution in [0.5, 0.6) is 0 Å². The maximum absolute atomic E-state index is 12.7. The van der Waals surface area contributed by atoms with Gasteiger partial charge in [0, 0.05) is 17.5 Å². The Labute approximate surface area is 135 Å². The van der Waals surface area contributed by atoms with Crippen LogP contribution < -0.4 is 5.32 Å². The van der Waals surface area contributed by atoms with Gasteiger partial charge in [-0.3, -0.25) is 4.79 Å². The van der Waals surface area contributed by atoms with E-state index in [1.807, 2.05) is 17.4 Å². The molecule has 1 aliphatic heterocycles. The number of thiophene rings is 1. The summed E-state index contributed by atoms with van der Waals surface area (Å²) in [6, 6.07) is 13.2. The molecule has 1 aliphatic carbocycles. The number of hydrogen-bond donors (Lipinski definition) is 1. The zero-order chi connectivity index (χ0) is 14.9. The lowest BCUT2D eigenvalue weighted by Crippen LogP contribution is -2.44. The lowest BCUT2D eigenvalue weighted by atomic mass is 9.93. The van der Waals surface area contributed by atoms with Crippen LogP contribution in [0.2, 0.25) is 0 Å². The first-order chi connectivity index (χ1) is 10.8. The van der Waals surface area contributed by atoms with E-state index < -0.39 is 0 Å². The molecule has 1 aromatic heterocycles. The van der Waals surface area contributed by atoms with Crippen LogP contribution in [0.3, 0.4) is 0 Å². The topological polar surface area (TPSA) is 32.3 Å². The highest BCUT2D eigenvalue weighted by molar-refractivity contribution is 7.10. The molecule has 0 unspecified atom stereocenters. The molecular formula is C18H20N2OS. The van der Waals surface area contributed by atoms with Crippen molar-refractivity contribution in [2.45, 2.75) is 31.3 Å². The molecule has 1 aromatic carbocycles. The van der Waals surface area contributed by atoms with Crippen LogP contribution in [0.15, 0.2) is 41.8 Å². The number of fused-ring (bicyclic) bond motifs is 1. The monoisotopic (exact) mass is 312 g/mol. The second-order valence-corrected chi connectivity index (χ2v) is 7.11. The van der Waals surface area contributed by atoms with Crippen molar-refractivity contribution in [3.05, 3.63) is 57.8 Å². The van der Waals surface area contributed by atoms with Crippen molar-refractivity contribution in [1.82, 2.24) is 10.2 Å². The minimum atomic E-state index is 0.0738. The van der Waals surface area contributed by atoms with Crippen LogP contribution >= 0.6 is 11.3 Å². The maximum atomic E-state index is 12.7. The van der Waals surface area contributed by atoms with E-state index in [1.165, 1.54) is 28.8 Å². The summed E-state index contributed by atoms with van der Waals surface area (Å²) >= 11 is 1.81. The summed E-state index contributed by atoms with van der Waals surface area (Å²) in [5, 5.41) is 5.50. The average Bonchev–Trinajstić information content (AvgIpc) is 3.27. The van der Waals surface area contributed by atoms with Crippen molar-refractivity contribution in [3.63, 3.8) is 0 Å². The quantitative estimate of drug-likeness (QED) is 0.941. The molecule has 2 heterocycles. The van der Waals surface area contributed by atoms with Crippen LogP contribution in [0.1, 0.15) is 34.9 Å². The Kier molecular flexibility index (Phi) is 3.72. The van der Waals surface area contributed by atoms with E-state index in [1.54, 1.807) is 0 Å². The van der Waals surface area contributed by atoms with E-state index in [0.29, 0.717) is 12.6 Å². The van der Waals surface area contributed by atoms with Gasteiger partial charge in [-0.15, -0.1) is 11.3 Å². The highest BCUT2D eigenvalue weighted by Crippen LogP contribution is 2.37. The number of hydrogen-bond acceptors (Lipinski definition) is 3. The molecule has 1 fully saturated rings. The van der Waals surface area contributed by atoms with Crippen LogP contribution in [0, 0.1) is 0 Å². The molecule has 22 heavy (non-hydrogen) atoms. The minimum Gasteiger partial charge on any atom is -0.330 e. The van der Waals surface area contributed by atoms with Gasteiger partial charge < -0.3 is 10.2 Å². The van der Waals surface area contributed by atoms with Crippen molar-refractivity contribution >= 4 is 17.2 Å². The maximum Gasteiger partial charge on any atom is 0.237 e. The lowest BCUT2D eigenvalue weighted by molar-refractivity contribution is -0.132. The lowest BCUT2D eigenvalue weighted by Gasteiger charge is -2.36. The number of nitrogens with one attached hydrogen (secondary N) is 1. The highest BCUT2D eigenvalue weighted by Gasteiger charge is 2.33. The molecular weight excluding hydrogens is 292 g/mol. The van der Waals surface area contributed by atoms with Gasteiger partial charge in [0.05, 0.1) is 12.6 Å². The highest BCUT2D eigenvalue weighted by atomic mass is 32.1. The number of carbonyl (C=O) groups is 1. The van der Waals surface area contributed by atoms with Gasteiger partial charge in [0.2, 0.25) is 5.91 Å². The normalized spacial score (nSPS) is 20.7. The molecule has 3 nitrogen and oxygen atoms in total. The molecule has 0 radical (unpaired) electrons. The third kappa shape index (κ3) is 2.69. The summed E-state index contributed by atoms with van der Waals surface area (Å²) < 4.78 is 0. The van der Waals surface area contributed by atoms with Crippen molar-refractivity contribution < 1.29 is 4.79 Å². The van der Waals surface area contributed by atoms with Gasteiger partial charge in [0.15, 0.2) is 0 Å². The third-order valence-corrected chi connectivity index (χ3v) is 5.52. The van der Waals surface area contributed by atoms with Crippen LogP contribution in [0.4, 0.5) is 0 Å². The van der Waals surface area contributed by atoms with Crippen molar-refractivity contribution in [2.24, 2.45) is 0 Å². The van der Waals surface area contributed by atoms with E-state index >= 15 is 0 Å². The predicted molar refractivity (Wildman–Crippen MR) is 89.0 cm³/mol. The molecule has 2 aromatic rings. The molecule has 1 saturated carbocycles. The van der Waals surface area contributed by atoms with Crippen molar-refractivity contribution in [1.29, 1.82) is 0 Å². The molecule has 1 atom stereocenters. The number of carbonyl (C=O) groups excluding carboxylic acids is 1. The Balaban J connectivity index is 1.63. The van der Waals surface area contributed by atoms with Crippen LogP contribution in [-0.2, 0) is 11.2 Å². The van der Waals surface area contributed by atoms with E-state index in [4.69, 9.17) is 0 Å². The molecule has 114 valence electrons. The van der Waals surface area contributed by atoms with E-state index in [2.05, 4.69) is 45.9 Å². The Morgan fingerprint density at radius 3 is 2.82 bits per heavy atom. The molecule has 1 N–H and O–H groups in total. The Morgan fingerprint density at radius 1 is 1.23 bits per heavy atom. The molecule has 0 bridgehead atoms. The van der Waals surface area contributed by atoms with Crippen molar-refractivity contribution in [2.75, 3.05) is 13.1 Å². The van der Waals surface area contributed by atoms with E-state index in [9.17, 15) is 4.79 Å². The second kappa shape index (κ2) is 5.86. The summed E-state index contributed by atoms with van der Waals surface area (Å²) in [7, 11) is 0. The first-order valence-corrected chi connectivity index (χ1v) is 8.85. The first-order valence-electron chi connectivity index (χ1n) is 7.97. The van der Waals surface area contributed by atoms with E-state index in [0.717, 1.165) is 13.0 Å². The van der Waals surface area contributed by atoms with E-state index in [-0.39, 0.29) is 11.9 Å². The van der Waals surface area contributed by atoms with Crippen LogP contribution in [-0.4, -0.2) is 29.9 Å². The molecule has 1 amide bonds. The molecule has 2 aliphatic rings. The molecule has 0 saturated heterocycles. The van der Waals surface area contributed by atoms with Gasteiger partial charge in [-0.05, 0) is 41.8 Å². The third-order valence-electron chi connectivity index (χ3n) is 4.52. The summed E-state index contributed by atoms with van der Waals surface area (Å²) in [5.41, 5.74) is 2.52. The fourth-order valence-electron chi connectivity index (χ4n) is 3.20. The second-order valence-electron chi connectivity index (χ2n) is 6.10. The number of nitrogens with zero attached hydrogens (tertiary/aromatic N) is 1. The summed E-state index contributed by atoms with van der Waals surface area (Å²) in [6.07, 6.45) is 3.40. The molecule has 0 spiro atoms. The zero-order valence-corrected chi connectivity index (χ0v) is 13.3. The molecule has 4 rings (SSSR count). The van der Waals surface area contributed by atoms with Gasteiger partial charge in [0.1, 0.15) is 0 Å². The number of rotatable bonds is 4. The standard InChI is InChI=1S/C18H20N2OS/c21-17(12-19-14-6-7-14)20-10-8-16-15(9-11-22-16)18(20)13-4-2-1-3-5-13/h1-5,9,11,14,18-19H,6-8,10,12H2/t18-/m1/s1. The Morgan fingerprint density at radius 2 is 2.05 bits per heavy atom. The van der Waals surface area contributed by atoms with Crippen molar-refractivity contribution in [3.8, 4) is 0 Å². The fraction of sp³-hybridized carbons (Fsp3) is 0.389. The minimum absolute atomic E-state index is 0.0738. The van der Waals surface area contributed by atoms with Gasteiger partial charge in [-0.25, -0.2) is 0 Å². The Hall–Kier alpha value is -1.65.